The van der Waals surface area contributed by atoms with Gasteiger partial charge in [-0.3, -0.25) is 4.98 Å². The Hall–Kier alpha value is -3.05. The lowest BCUT2D eigenvalue weighted by atomic mass is 10.2. The van der Waals surface area contributed by atoms with Gasteiger partial charge in [0, 0.05) is 22.7 Å². The van der Waals surface area contributed by atoms with E-state index in [2.05, 4.69) is 29.2 Å². The number of aryl methyl sites for hydroxylation is 2. The van der Waals surface area contributed by atoms with Gasteiger partial charge in [0.15, 0.2) is 5.76 Å². The Bertz CT molecular complexity index is 1280. The van der Waals surface area contributed by atoms with Crippen molar-refractivity contribution in [1.29, 1.82) is 0 Å². The van der Waals surface area contributed by atoms with Crippen molar-refractivity contribution in [2.45, 2.75) is 19.3 Å². The van der Waals surface area contributed by atoms with E-state index in [9.17, 15) is 0 Å². The van der Waals surface area contributed by atoms with E-state index in [0.29, 0.717) is 5.71 Å². The number of aromatic nitrogens is 3. The first kappa shape index (κ1) is 15.1. The molecule has 5 heterocycles. The molecule has 0 radical (unpaired) electrons. The van der Waals surface area contributed by atoms with Gasteiger partial charge < -0.3 is 4.42 Å². The monoisotopic (exact) mass is 369 g/mol. The van der Waals surface area contributed by atoms with E-state index < -0.39 is 0 Å². The van der Waals surface area contributed by atoms with Crippen LogP contribution in [0.25, 0.3) is 43.3 Å². The molecule has 4 nitrogen and oxygen atoms in total. The van der Waals surface area contributed by atoms with Crippen LogP contribution in [0.1, 0.15) is 17.7 Å². The van der Waals surface area contributed by atoms with Crippen molar-refractivity contribution in [1.82, 2.24) is 15.0 Å². The lowest BCUT2D eigenvalue weighted by Gasteiger charge is -2.01. The fourth-order valence-corrected chi connectivity index (χ4v) is 4.74. The molecule has 5 heteroatoms. The highest BCUT2D eigenvalue weighted by Gasteiger charge is 2.15. The van der Waals surface area contributed by atoms with Gasteiger partial charge in [-0.25, -0.2) is 9.97 Å². The van der Waals surface area contributed by atoms with Crippen LogP contribution in [0.4, 0.5) is 0 Å². The minimum atomic E-state index is 0.642. The standard InChI is InChI=1S/C22H15N3OS/c1-3-13-6-9-18(24-16(13)5-1)20-12-15-7-8-17(25-22(15)27-20)19-11-14-4-2-10-23-21(14)26-19/h2,4,6-12H,1,3,5H2. The average molecular weight is 369 g/mol. The second-order valence-corrected chi connectivity index (χ2v) is 7.90. The zero-order valence-electron chi connectivity index (χ0n) is 14.5. The summed E-state index contributed by atoms with van der Waals surface area (Å²) in [5.41, 5.74) is 5.18. The van der Waals surface area contributed by atoms with Crippen LogP contribution in [0.15, 0.2) is 59.1 Å². The highest BCUT2D eigenvalue weighted by Crippen LogP contribution is 2.35. The third kappa shape index (κ3) is 2.46. The molecular formula is C22H15N3OS. The zero-order valence-corrected chi connectivity index (χ0v) is 15.3. The highest BCUT2D eigenvalue weighted by molar-refractivity contribution is 7.21. The summed E-state index contributed by atoms with van der Waals surface area (Å²) in [6.45, 7) is 0. The molecule has 0 saturated carbocycles. The largest absolute Gasteiger partial charge is 0.436 e. The molecule has 6 rings (SSSR count). The molecule has 130 valence electrons. The number of rotatable bonds is 2. The van der Waals surface area contributed by atoms with Gasteiger partial charge in [-0.2, -0.15) is 0 Å². The average Bonchev–Trinajstić information content (AvgIpc) is 3.42. The summed E-state index contributed by atoms with van der Waals surface area (Å²) in [7, 11) is 0. The lowest BCUT2D eigenvalue weighted by Crippen LogP contribution is -1.89. The highest BCUT2D eigenvalue weighted by atomic mass is 32.1. The molecule has 5 aromatic rings. The molecule has 0 spiro atoms. The van der Waals surface area contributed by atoms with E-state index >= 15 is 0 Å². The molecule has 1 aliphatic carbocycles. The van der Waals surface area contributed by atoms with Crippen LogP contribution in [0.3, 0.4) is 0 Å². The number of fused-ring (bicyclic) bond motifs is 3. The number of nitrogens with zero attached hydrogens (tertiary/aromatic N) is 3. The normalized spacial score (nSPS) is 13.5. The van der Waals surface area contributed by atoms with Crippen molar-refractivity contribution in [2.24, 2.45) is 0 Å². The van der Waals surface area contributed by atoms with Crippen LogP contribution < -0.4 is 0 Å². The molecule has 27 heavy (non-hydrogen) atoms. The predicted molar refractivity (Wildman–Crippen MR) is 108 cm³/mol. The van der Waals surface area contributed by atoms with Crippen LogP contribution >= 0.6 is 11.3 Å². The molecule has 0 bridgehead atoms. The summed E-state index contributed by atoms with van der Waals surface area (Å²) >= 11 is 1.68. The van der Waals surface area contributed by atoms with Gasteiger partial charge in [0.05, 0.1) is 10.6 Å². The van der Waals surface area contributed by atoms with Crippen LogP contribution in [-0.2, 0) is 12.8 Å². The van der Waals surface area contributed by atoms with Crippen LogP contribution in [0.2, 0.25) is 0 Å². The van der Waals surface area contributed by atoms with Crippen molar-refractivity contribution in [3.63, 3.8) is 0 Å². The molecule has 0 aliphatic heterocycles. The van der Waals surface area contributed by atoms with E-state index in [0.717, 1.165) is 50.5 Å². The first-order chi connectivity index (χ1) is 13.3. The van der Waals surface area contributed by atoms with E-state index in [1.807, 2.05) is 24.3 Å². The van der Waals surface area contributed by atoms with Crippen molar-refractivity contribution >= 4 is 32.7 Å². The fraction of sp³-hybridized carbons (Fsp3) is 0.136. The summed E-state index contributed by atoms with van der Waals surface area (Å²) in [5.74, 6) is 0.746. The van der Waals surface area contributed by atoms with Crippen molar-refractivity contribution in [3.05, 3.63) is 66.0 Å². The summed E-state index contributed by atoms with van der Waals surface area (Å²) in [5, 5.41) is 2.12. The first-order valence-electron chi connectivity index (χ1n) is 9.08. The zero-order chi connectivity index (χ0) is 17.8. The maximum atomic E-state index is 5.86. The Morgan fingerprint density at radius 1 is 0.889 bits per heavy atom. The van der Waals surface area contributed by atoms with E-state index in [-0.39, 0.29) is 0 Å². The van der Waals surface area contributed by atoms with Crippen LogP contribution in [0.5, 0.6) is 0 Å². The summed E-state index contributed by atoms with van der Waals surface area (Å²) < 4.78 is 5.86. The minimum absolute atomic E-state index is 0.642. The summed E-state index contributed by atoms with van der Waals surface area (Å²) in [6, 6.07) is 16.6. The third-order valence-corrected chi connectivity index (χ3v) is 6.18. The quantitative estimate of drug-likeness (QED) is 0.403. The van der Waals surface area contributed by atoms with Crippen LogP contribution in [-0.4, -0.2) is 15.0 Å². The minimum Gasteiger partial charge on any atom is -0.436 e. The molecule has 0 fully saturated rings. The molecule has 0 unspecified atom stereocenters. The Kier molecular flexibility index (Phi) is 3.19. The van der Waals surface area contributed by atoms with E-state index in [4.69, 9.17) is 14.4 Å². The Labute approximate surface area is 159 Å². The first-order valence-corrected chi connectivity index (χ1v) is 9.90. The van der Waals surface area contributed by atoms with Gasteiger partial charge in [0.2, 0.25) is 5.71 Å². The Morgan fingerprint density at radius 2 is 1.85 bits per heavy atom. The number of furan rings is 1. The van der Waals surface area contributed by atoms with Crippen molar-refractivity contribution in [3.8, 4) is 22.0 Å². The van der Waals surface area contributed by atoms with E-state index in [1.165, 1.54) is 17.7 Å². The third-order valence-electron chi connectivity index (χ3n) is 5.11. The smallest absolute Gasteiger partial charge is 0.226 e. The summed E-state index contributed by atoms with van der Waals surface area (Å²) in [6.07, 6.45) is 5.21. The van der Waals surface area contributed by atoms with Gasteiger partial charge in [0.1, 0.15) is 10.5 Å². The predicted octanol–water partition coefficient (Wildman–Crippen LogP) is 5.66. The second kappa shape index (κ2) is 5.72. The molecule has 1 aliphatic rings. The lowest BCUT2D eigenvalue weighted by molar-refractivity contribution is 0.616. The molecular weight excluding hydrogens is 354 g/mol. The number of thiophene rings is 1. The van der Waals surface area contributed by atoms with Gasteiger partial charge >= 0.3 is 0 Å². The molecule has 0 atom stereocenters. The van der Waals surface area contributed by atoms with Gasteiger partial charge in [-0.1, -0.05) is 6.07 Å². The van der Waals surface area contributed by atoms with E-state index in [1.54, 1.807) is 17.5 Å². The maximum absolute atomic E-state index is 5.86. The van der Waals surface area contributed by atoms with Crippen LogP contribution in [0, 0.1) is 0 Å². The second-order valence-electron chi connectivity index (χ2n) is 6.87. The molecule has 0 N–H and O–H groups in total. The number of pyridine rings is 3. The molecule has 0 saturated heterocycles. The number of hydrogen-bond acceptors (Lipinski definition) is 5. The topological polar surface area (TPSA) is 51.8 Å². The van der Waals surface area contributed by atoms with Crippen molar-refractivity contribution < 1.29 is 4.42 Å². The van der Waals surface area contributed by atoms with Gasteiger partial charge in [-0.15, -0.1) is 11.3 Å². The summed E-state index contributed by atoms with van der Waals surface area (Å²) in [4.78, 5) is 16.1. The Morgan fingerprint density at radius 3 is 2.81 bits per heavy atom. The fourth-order valence-electron chi connectivity index (χ4n) is 3.74. The Balaban J connectivity index is 1.43. The molecule has 0 amide bonds. The molecule has 0 aromatic carbocycles. The SMILES string of the molecule is c1cnc2oc(-c3ccc4cc(-c5ccc6c(n5)CCC6)sc4n3)cc2c1. The molecule has 5 aromatic heterocycles. The van der Waals surface area contributed by atoms with Gasteiger partial charge in [-0.05, 0) is 67.3 Å². The maximum Gasteiger partial charge on any atom is 0.226 e. The van der Waals surface area contributed by atoms with Crippen molar-refractivity contribution in [2.75, 3.05) is 0 Å². The van der Waals surface area contributed by atoms with Gasteiger partial charge in [0.25, 0.3) is 0 Å². The number of hydrogen-bond donors (Lipinski definition) is 0.